The second-order valence-electron chi connectivity index (χ2n) is 7.60. The molecular formula is C21H27ClN2O4. The van der Waals surface area contributed by atoms with Gasteiger partial charge in [0.2, 0.25) is 0 Å². The highest BCUT2D eigenvalue weighted by molar-refractivity contribution is 6.33. The van der Waals surface area contributed by atoms with Crippen LogP contribution in [0.5, 0.6) is 5.75 Å². The summed E-state index contributed by atoms with van der Waals surface area (Å²) in [6, 6.07) is 1.74. The van der Waals surface area contributed by atoms with E-state index in [0.29, 0.717) is 22.7 Å². The van der Waals surface area contributed by atoms with Crippen molar-refractivity contribution in [2.75, 3.05) is 39.4 Å². The van der Waals surface area contributed by atoms with Crippen LogP contribution < -0.4 is 10.9 Å². The fourth-order valence-electron chi connectivity index (χ4n) is 4.23. The van der Waals surface area contributed by atoms with E-state index in [1.165, 1.54) is 0 Å². The molecule has 6 nitrogen and oxygen atoms in total. The van der Waals surface area contributed by atoms with Gasteiger partial charge in [-0.1, -0.05) is 11.6 Å². The molecule has 1 aliphatic carbocycles. The van der Waals surface area contributed by atoms with Crippen LogP contribution in [0.4, 0.5) is 0 Å². The van der Waals surface area contributed by atoms with Gasteiger partial charge in [0.25, 0.3) is 0 Å². The molecule has 1 fully saturated rings. The molecule has 0 unspecified atom stereocenters. The van der Waals surface area contributed by atoms with E-state index in [0.717, 1.165) is 88.0 Å². The second-order valence-corrected chi connectivity index (χ2v) is 8.01. The van der Waals surface area contributed by atoms with Crippen molar-refractivity contribution in [1.29, 1.82) is 0 Å². The predicted molar refractivity (Wildman–Crippen MR) is 109 cm³/mol. The van der Waals surface area contributed by atoms with Gasteiger partial charge < -0.3 is 19.6 Å². The van der Waals surface area contributed by atoms with Crippen LogP contribution in [0.15, 0.2) is 15.3 Å². The number of ether oxygens (including phenoxy) is 1. The number of rotatable bonds is 6. The topological polar surface area (TPSA) is 74.9 Å². The SMILES string of the molecule is O=c1oc2c(CNCCCN3CCOCC3)c(O)c(Cl)cc2c2c1CCCC2. The zero-order chi connectivity index (χ0) is 19.5. The summed E-state index contributed by atoms with van der Waals surface area (Å²) in [4.78, 5) is 14.9. The number of nitrogens with one attached hydrogen (secondary N) is 1. The van der Waals surface area contributed by atoms with Gasteiger partial charge in [-0.25, -0.2) is 4.79 Å². The van der Waals surface area contributed by atoms with Crippen LogP contribution in [0.2, 0.25) is 5.02 Å². The molecule has 0 amide bonds. The minimum Gasteiger partial charge on any atom is -0.506 e. The molecule has 2 aliphatic rings. The van der Waals surface area contributed by atoms with Crippen molar-refractivity contribution in [3.63, 3.8) is 0 Å². The standard InChI is InChI=1S/C21H27ClN2O4/c22-18-12-16-14-4-1-2-5-15(14)21(26)28-20(16)17(19(18)25)13-23-6-3-7-24-8-10-27-11-9-24/h12,23,25H,1-11,13H2. The lowest BCUT2D eigenvalue weighted by molar-refractivity contribution is 0.0374. The van der Waals surface area contributed by atoms with Gasteiger partial charge in [0.05, 0.1) is 23.8 Å². The summed E-state index contributed by atoms with van der Waals surface area (Å²) in [5.74, 6) is -0.00578. The molecule has 1 aromatic carbocycles. The maximum absolute atomic E-state index is 12.5. The Morgan fingerprint density at radius 1 is 1.18 bits per heavy atom. The largest absolute Gasteiger partial charge is 0.506 e. The average molecular weight is 407 g/mol. The fourth-order valence-corrected chi connectivity index (χ4v) is 4.45. The quantitative estimate of drug-likeness (QED) is 0.567. The number of phenols is 1. The lowest BCUT2D eigenvalue weighted by Crippen LogP contribution is -2.37. The van der Waals surface area contributed by atoms with E-state index < -0.39 is 0 Å². The van der Waals surface area contributed by atoms with E-state index in [-0.39, 0.29) is 11.4 Å². The Morgan fingerprint density at radius 2 is 1.93 bits per heavy atom. The Hall–Kier alpha value is -1.60. The van der Waals surface area contributed by atoms with E-state index in [9.17, 15) is 9.90 Å². The number of hydrogen-bond donors (Lipinski definition) is 2. The number of fused-ring (bicyclic) bond motifs is 3. The monoisotopic (exact) mass is 406 g/mol. The van der Waals surface area contributed by atoms with Gasteiger partial charge in [-0.15, -0.1) is 0 Å². The van der Waals surface area contributed by atoms with Crippen molar-refractivity contribution in [3.8, 4) is 5.75 Å². The average Bonchev–Trinajstić information content (AvgIpc) is 2.72. The predicted octanol–water partition coefficient (Wildman–Crippen LogP) is 2.84. The Morgan fingerprint density at radius 3 is 2.71 bits per heavy atom. The Labute approximate surface area is 169 Å². The summed E-state index contributed by atoms with van der Waals surface area (Å²) >= 11 is 6.30. The molecule has 0 atom stereocenters. The third kappa shape index (κ3) is 4.06. The molecule has 0 spiro atoms. The molecular weight excluding hydrogens is 380 g/mol. The lowest BCUT2D eigenvalue weighted by Gasteiger charge is -2.26. The second kappa shape index (κ2) is 8.82. The summed E-state index contributed by atoms with van der Waals surface area (Å²) in [5, 5.41) is 15.0. The summed E-state index contributed by atoms with van der Waals surface area (Å²) in [6.45, 7) is 5.80. The van der Waals surface area contributed by atoms with E-state index >= 15 is 0 Å². The molecule has 4 rings (SSSR count). The number of nitrogens with zero attached hydrogens (tertiary/aromatic N) is 1. The third-order valence-corrected chi connectivity index (χ3v) is 6.06. The van der Waals surface area contributed by atoms with Gasteiger partial charge >= 0.3 is 5.63 Å². The summed E-state index contributed by atoms with van der Waals surface area (Å²) in [6.07, 6.45) is 4.66. The van der Waals surface area contributed by atoms with Gasteiger partial charge in [-0.3, -0.25) is 4.90 Å². The van der Waals surface area contributed by atoms with E-state index in [1.54, 1.807) is 6.07 Å². The van der Waals surface area contributed by atoms with Crippen molar-refractivity contribution >= 4 is 22.6 Å². The van der Waals surface area contributed by atoms with Crippen molar-refractivity contribution < 1.29 is 14.3 Å². The van der Waals surface area contributed by atoms with Crippen molar-refractivity contribution in [2.24, 2.45) is 0 Å². The van der Waals surface area contributed by atoms with E-state index in [4.69, 9.17) is 20.8 Å². The summed E-state index contributed by atoms with van der Waals surface area (Å²) < 4.78 is 11.0. The van der Waals surface area contributed by atoms with Crippen LogP contribution in [0.3, 0.4) is 0 Å². The van der Waals surface area contributed by atoms with Crippen LogP contribution in [0.1, 0.15) is 36.0 Å². The van der Waals surface area contributed by atoms with Crippen LogP contribution >= 0.6 is 11.6 Å². The van der Waals surface area contributed by atoms with Crippen molar-refractivity contribution in [1.82, 2.24) is 10.2 Å². The van der Waals surface area contributed by atoms with Gasteiger partial charge in [0.15, 0.2) is 0 Å². The fraction of sp³-hybridized carbons (Fsp3) is 0.571. The Kier molecular flexibility index (Phi) is 6.21. The number of benzene rings is 1. The van der Waals surface area contributed by atoms with E-state index in [2.05, 4.69) is 10.2 Å². The lowest BCUT2D eigenvalue weighted by atomic mass is 9.90. The number of aryl methyl sites for hydroxylation is 1. The minimum atomic E-state index is -0.280. The molecule has 1 saturated heterocycles. The van der Waals surface area contributed by atoms with Gasteiger partial charge in [0, 0.05) is 30.6 Å². The first-order valence-electron chi connectivity index (χ1n) is 10.1. The van der Waals surface area contributed by atoms with Crippen LogP contribution in [-0.2, 0) is 24.1 Å². The first-order chi connectivity index (χ1) is 13.6. The molecule has 1 aromatic heterocycles. The first-order valence-corrected chi connectivity index (χ1v) is 10.5. The number of hydrogen-bond acceptors (Lipinski definition) is 6. The molecule has 0 bridgehead atoms. The molecule has 28 heavy (non-hydrogen) atoms. The molecule has 2 heterocycles. The third-order valence-electron chi connectivity index (χ3n) is 5.77. The highest BCUT2D eigenvalue weighted by Crippen LogP contribution is 2.37. The van der Waals surface area contributed by atoms with Gasteiger partial charge in [-0.2, -0.15) is 0 Å². The minimum absolute atomic E-state index is 0.00578. The molecule has 7 heteroatoms. The number of halogens is 1. The van der Waals surface area contributed by atoms with Crippen LogP contribution in [-0.4, -0.2) is 49.4 Å². The zero-order valence-electron chi connectivity index (χ0n) is 16.1. The number of morpholine rings is 1. The van der Waals surface area contributed by atoms with Crippen LogP contribution in [0.25, 0.3) is 11.0 Å². The summed E-state index contributed by atoms with van der Waals surface area (Å²) in [5.41, 5.74) is 2.56. The zero-order valence-corrected chi connectivity index (χ0v) is 16.8. The molecule has 2 aromatic rings. The number of phenolic OH excluding ortho intramolecular Hbond substituents is 1. The number of aromatic hydroxyl groups is 1. The smallest absolute Gasteiger partial charge is 0.339 e. The molecule has 0 saturated carbocycles. The van der Waals surface area contributed by atoms with Crippen LogP contribution in [0, 0.1) is 0 Å². The molecule has 0 radical (unpaired) electrons. The Bertz CT molecular complexity index is 906. The highest BCUT2D eigenvalue weighted by atomic mass is 35.5. The van der Waals surface area contributed by atoms with Gasteiger partial charge in [-0.05, 0) is 56.8 Å². The van der Waals surface area contributed by atoms with Gasteiger partial charge in [0.1, 0.15) is 11.3 Å². The van der Waals surface area contributed by atoms with Crippen molar-refractivity contribution in [3.05, 3.63) is 38.2 Å². The normalized spacial score (nSPS) is 17.8. The molecule has 2 N–H and O–H groups in total. The highest BCUT2D eigenvalue weighted by Gasteiger charge is 2.22. The van der Waals surface area contributed by atoms with E-state index in [1.807, 2.05) is 0 Å². The Balaban J connectivity index is 1.50. The molecule has 1 aliphatic heterocycles. The first kappa shape index (κ1) is 19.7. The molecule has 152 valence electrons. The summed E-state index contributed by atoms with van der Waals surface area (Å²) in [7, 11) is 0. The maximum atomic E-state index is 12.5. The van der Waals surface area contributed by atoms with Crippen molar-refractivity contribution in [2.45, 2.75) is 38.6 Å². The maximum Gasteiger partial charge on any atom is 0.339 e.